The molecule has 2 aromatic rings. The fourth-order valence-corrected chi connectivity index (χ4v) is 4.40. The highest BCUT2D eigenvalue weighted by Gasteiger charge is 2.31. The van der Waals surface area contributed by atoms with E-state index in [-0.39, 0.29) is 69.1 Å². The Labute approximate surface area is 231 Å². The summed E-state index contributed by atoms with van der Waals surface area (Å²) in [4.78, 5) is 62.0. The van der Waals surface area contributed by atoms with Gasteiger partial charge >= 0.3 is 12.1 Å². The van der Waals surface area contributed by atoms with Crippen LogP contribution in [0.15, 0.2) is 36.4 Å². The maximum Gasteiger partial charge on any atom is 0.409 e. The molecule has 0 bridgehead atoms. The van der Waals surface area contributed by atoms with Crippen LogP contribution in [0.2, 0.25) is 0 Å². The first-order valence-corrected chi connectivity index (χ1v) is 13.3. The molecule has 2 fully saturated rings. The predicted octanol–water partition coefficient (Wildman–Crippen LogP) is 1.58. The lowest BCUT2D eigenvalue weighted by molar-refractivity contribution is -0.138. The lowest BCUT2D eigenvalue weighted by Crippen LogP contribution is -2.56. The molecule has 13 heteroatoms. The molecule has 2 atom stereocenters. The minimum Gasteiger partial charge on any atom is -0.481 e. The smallest absolute Gasteiger partial charge is 0.409 e. The predicted molar refractivity (Wildman–Crippen MR) is 141 cm³/mol. The number of aromatic nitrogens is 2. The number of benzene rings is 1. The van der Waals surface area contributed by atoms with E-state index in [0.717, 1.165) is 0 Å². The fraction of sp³-hybridized carbons (Fsp3) is 0.481. The van der Waals surface area contributed by atoms with Gasteiger partial charge in [0.15, 0.2) is 5.82 Å². The number of nitrogens with one attached hydrogen (secondary N) is 1. The molecule has 1 unspecified atom stereocenters. The summed E-state index contributed by atoms with van der Waals surface area (Å²) in [5, 5.41) is 11.9. The number of carboxylic acid groups (broad SMARTS) is 1. The summed E-state index contributed by atoms with van der Waals surface area (Å²) in [6.45, 7) is 3.92. The Morgan fingerprint density at radius 2 is 1.82 bits per heavy atom. The Kier molecular flexibility index (Phi) is 9.84. The third-order valence-corrected chi connectivity index (χ3v) is 6.51. The van der Waals surface area contributed by atoms with E-state index in [1.807, 2.05) is 18.2 Å². The first-order chi connectivity index (χ1) is 19.3. The fourth-order valence-electron chi connectivity index (χ4n) is 4.40. The van der Waals surface area contributed by atoms with Crippen LogP contribution in [-0.2, 0) is 19.1 Å². The van der Waals surface area contributed by atoms with Gasteiger partial charge in [-0.1, -0.05) is 30.3 Å². The molecule has 214 valence electrons. The van der Waals surface area contributed by atoms with Gasteiger partial charge in [0, 0.05) is 50.7 Å². The van der Waals surface area contributed by atoms with Crippen LogP contribution in [0.4, 0.5) is 4.79 Å². The molecule has 1 aromatic carbocycles. The minimum absolute atomic E-state index is 0.0250. The molecule has 1 aromatic heterocycles. The third kappa shape index (κ3) is 7.65. The molecule has 0 saturated carbocycles. The van der Waals surface area contributed by atoms with E-state index in [2.05, 4.69) is 15.3 Å². The highest BCUT2D eigenvalue weighted by molar-refractivity contribution is 5.96. The van der Waals surface area contributed by atoms with Gasteiger partial charge in [-0.3, -0.25) is 14.4 Å². The monoisotopic (exact) mass is 555 g/mol. The molecule has 0 aliphatic carbocycles. The van der Waals surface area contributed by atoms with Gasteiger partial charge in [0.25, 0.3) is 5.91 Å². The molecule has 13 nitrogen and oxygen atoms in total. The second kappa shape index (κ2) is 13.7. The number of amides is 3. The zero-order chi connectivity index (χ0) is 28.5. The van der Waals surface area contributed by atoms with Crippen LogP contribution in [-0.4, -0.2) is 107 Å². The SMILES string of the molecule is CCOC(=O)N1CCN(C(=O)[C@H](CCC(=O)O)NC(=O)c2cc(OC3CCOC3)nc(-c3ccccc3)n2)CC1. The molecule has 3 heterocycles. The van der Waals surface area contributed by atoms with Crippen LogP contribution in [0.1, 0.15) is 36.7 Å². The Bertz CT molecular complexity index is 1200. The molecule has 4 rings (SSSR count). The molecule has 2 aliphatic rings. The zero-order valence-corrected chi connectivity index (χ0v) is 22.3. The van der Waals surface area contributed by atoms with Crippen LogP contribution in [0.3, 0.4) is 0 Å². The number of hydrogen-bond donors (Lipinski definition) is 2. The standard InChI is InChI=1S/C27H33N5O8/c1-2-39-27(37)32-13-11-31(12-14-32)26(36)20(8-9-23(33)34)29-25(35)21-16-22(40-19-10-15-38-17-19)30-24(28-21)18-6-4-3-5-7-18/h3-7,16,19-20H,2,8-15,17H2,1H3,(H,29,35)(H,33,34)/t19?,20-/m0/s1. The van der Waals surface area contributed by atoms with Gasteiger partial charge in [-0.05, 0) is 13.3 Å². The van der Waals surface area contributed by atoms with E-state index in [1.165, 1.54) is 15.9 Å². The van der Waals surface area contributed by atoms with Crippen molar-refractivity contribution in [2.45, 2.75) is 38.3 Å². The first kappa shape index (κ1) is 28.7. The number of carboxylic acids is 1. The normalized spacial score (nSPS) is 17.7. The van der Waals surface area contributed by atoms with Crippen molar-refractivity contribution in [3.05, 3.63) is 42.1 Å². The second-order valence-electron chi connectivity index (χ2n) is 9.35. The second-order valence-corrected chi connectivity index (χ2v) is 9.35. The van der Waals surface area contributed by atoms with E-state index in [1.54, 1.807) is 19.1 Å². The van der Waals surface area contributed by atoms with Crippen molar-refractivity contribution in [1.29, 1.82) is 0 Å². The number of aliphatic carboxylic acids is 1. The van der Waals surface area contributed by atoms with Crippen LogP contribution < -0.4 is 10.1 Å². The van der Waals surface area contributed by atoms with E-state index in [4.69, 9.17) is 14.2 Å². The van der Waals surface area contributed by atoms with Gasteiger partial charge in [-0.2, -0.15) is 4.98 Å². The van der Waals surface area contributed by atoms with Gasteiger partial charge in [0.05, 0.1) is 19.8 Å². The summed E-state index contributed by atoms with van der Waals surface area (Å²) in [7, 11) is 0. The number of piperazine rings is 1. The largest absolute Gasteiger partial charge is 0.481 e. The molecule has 2 N–H and O–H groups in total. The topological polar surface area (TPSA) is 160 Å². The van der Waals surface area contributed by atoms with Gasteiger partial charge in [0.1, 0.15) is 17.8 Å². The van der Waals surface area contributed by atoms with Crippen molar-refractivity contribution >= 4 is 23.9 Å². The Morgan fingerprint density at radius 1 is 1.10 bits per heavy atom. The van der Waals surface area contributed by atoms with Crippen LogP contribution >= 0.6 is 0 Å². The number of hydrogen-bond acceptors (Lipinski definition) is 9. The van der Waals surface area contributed by atoms with Crippen LogP contribution in [0, 0.1) is 0 Å². The Hall–Kier alpha value is -4.26. The molecule has 2 aliphatic heterocycles. The van der Waals surface area contributed by atoms with E-state index in [0.29, 0.717) is 25.2 Å². The first-order valence-electron chi connectivity index (χ1n) is 13.3. The average Bonchev–Trinajstić information content (AvgIpc) is 3.48. The molecule has 0 radical (unpaired) electrons. The van der Waals surface area contributed by atoms with Crippen molar-refractivity contribution in [2.75, 3.05) is 46.0 Å². The highest BCUT2D eigenvalue weighted by atomic mass is 16.6. The molecular weight excluding hydrogens is 522 g/mol. The summed E-state index contributed by atoms with van der Waals surface area (Å²) < 4.78 is 16.3. The summed E-state index contributed by atoms with van der Waals surface area (Å²) in [5.41, 5.74) is 0.644. The Morgan fingerprint density at radius 3 is 2.48 bits per heavy atom. The van der Waals surface area contributed by atoms with E-state index >= 15 is 0 Å². The number of ether oxygens (including phenoxy) is 3. The van der Waals surface area contributed by atoms with Gasteiger partial charge in [-0.15, -0.1) is 0 Å². The van der Waals surface area contributed by atoms with Crippen LogP contribution in [0.25, 0.3) is 11.4 Å². The van der Waals surface area contributed by atoms with Crippen molar-refractivity contribution < 1.29 is 38.5 Å². The maximum absolute atomic E-state index is 13.4. The maximum atomic E-state index is 13.4. The molecular formula is C27H33N5O8. The van der Waals surface area contributed by atoms with Gasteiger partial charge in [0.2, 0.25) is 11.8 Å². The minimum atomic E-state index is -1.11. The summed E-state index contributed by atoms with van der Waals surface area (Å²) in [6, 6.07) is 9.37. The summed E-state index contributed by atoms with van der Waals surface area (Å²) in [6.07, 6.45) is -0.425. The molecule has 40 heavy (non-hydrogen) atoms. The number of nitrogens with zero attached hydrogens (tertiary/aromatic N) is 4. The number of carbonyl (C=O) groups is 4. The quantitative estimate of drug-likeness (QED) is 0.440. The molecule has 3 amide bonds. The third-order valence-electron chi connectivity index (χ3n) is 6.51. The van der Waals surface area contributed by atoms with Gasteiger partial charge < -0.3 is 34.4 Å². The average molecular weight is 556 g/mol. The zero-order valence-electron chi connectivity index (χ0n) is 22.3. The number of rotatable bonds is 10. The van der Waals surface area contributed by atoms with E-state index < -0.39 is 29.9 Å². The van der Waals surface area contributed by atoms with Crippen molar-refractivity contribution in [3.63, 3.8) is 0 Å². The number of carbonyl (C=O) groups excluding carboxylic acids is 3. The lowest BCUT2D eigenvalue weighted by atomic mass is 10.1. The van der Waals surface area contributed by atoms with Gasteiger partial charge in [-0.25, -0.2) is 9.78 Å². The molecule has 0 spiro atoms. The van der Waals surface area contributed by atoms with Crippen molar-refractivity contribution in [2.24, 2.45) is 0 Å². The van der Waals surface area contributed by atoms with Crippen molar-refractivity contribution in [1.82, 2.24) is 25.1 Å². The van der Waals surface area contributed by atoms with Crippen LogP contribution in [0.5, 0.6) is 5.88 Å². The highest BCUT2D eigenvalue weighted by Crippen LogP contribution is 2.22. The Balaban J connectivity index is 1.52. The summed E-state index contributed by atoms with van der Waals surface area (Å²) >= 11 is 0. The van der Waals surface area contributed by atoms with Crippen molar-refractivity contribution in [3.8, 4) is 17.3 Å². The molecule has 2 saturated heterocycles. The lowest BCUT2D eigenvalue weighted by Gasteiger charge is -2.35. The summed E-state index contributed by atoms with van der Waals surface area (Å²) in [5.74, 6) is -1.73. The van der Waals surface area contributed by atoms with E-state index in [9.17, 15) is 24.3 Å².